The molecule has 0 radical (unpaired) electrons. The average Bonchev–Trinajstić information content (AvgIpc) is 2.86. The summed E-state index contributed by atoms with van der Waals surface area (Å²) in [6.45, 7) is 0. The number of hydrogen-bond donors (Lipinski definition) is 0. The van der Waals surface area contributed by atoms with Crippen molar-refractivity contribution in [1.82, 2.24) is 0 Å². The summed E-state index contributed by atoms with van der Waals surface area (Å²) >= 11 is 0. The zero-order chi connectivity index (χ0) is 27.1. The van der Waals surface area contributed by atoms with Gasteiger partial charge in [0.05, 0.1) is 37.8 Å². The van der Waals surface area contributed by atoms with Crippen LogP contribution in [0.2, 0.25) is 0 Å². The van der Waals surface area contributed by atoms with Crippen LogP contribution in [0.3, 0.4) is 0 Å². The quantitative estimate of drug-likeness (QED) is 0.259. The number of methoxy groups -OCH3 is 3. The largest absolute Gasteiger partial charge is 0.493 e. The molecule has 0 spiro atoms. The lowest BCUT2D eigenvalue weighted by atomic mass is 9.93. The van der Waals surface area contributed by atoms with E-state index in [1.54, 1.807) is 0 Å². The van der Waals surface area contributed by atoms with Gasteiger partial charge < -0.3 is 18.6 Å². The Labute approximate surface area is 205 Å². The molecule has 3 aromatic carbocycles. The van der Waals surface area contributed by atoms with E-state index in [-0.39, 0.29) is 50.5 Å². The number of fused-ring (bicyclic) bond motifs is 1. The Hall–Kier alpha value is -4.15. The molecular weight excluding hydrogens is 506 g/mol. The molecule has 0 unspecified atom stereocenters. The van der Waals surface area contributed by atoms with E-state index in [0.717, 1.165) is 36.4 Å². The second kappa shape index (κ2) is 9.38. The Morgan fingerprint density at radius 2 is 1.16 bits per heavy atom. The van der Waals surface area contributed by atoms with Crippen molar-refractivity contribution in [2.45, 2.75) is 12.4 Å². The topological polar surface area (TPSA) is 57.9 Å². The Morgan fingerprint density at radius 1 is 0.676 bits per heavy atom. The predicted molar refractivity (Wildman–Crippen MR) is 123 cm³/mol. The third-order valence-corrected chi connectivity index (χ3v) is 5.70. The van der Waals surface area contributed by atoms with E-state index >= 15 is 0 Å². The van der Waals surface area contributed by atoms with Crippen molar-refractivity contribution >= 4 is 10.8 Å². The highest BCUT2D eigenvalue weighted by molar-refractivity contribution is 6.07. The molecule has 0 atom stereocenters. The molecule has 0 saturated heterocycles. The van der Waals surface area contributed by atoms with Crippen LogP contribution in [0.4, 0.5) is 26.3 Å². The van der Waals surface area contributed by atoms with E-state index in [9.17, 15) is 31.1 Å². The Bertz CT molecular complexity index is 1500. The molecule has 0 bridgehead atoms. The van der Waals surface area contributed by atoms with Crippen LogP contribution in [-0.4, -0.2) is 21.3 Å². The normalized spacial score (nSPS) is 12.0. The van der Waals surface area contributed by atoms with Crippen LogP contribution >= 0.6 is 0 Å². The van der Waals surface area contributed by atoms with Gasteiger partial charge >= 0.3 is 18.0 Å². The van der Waals surface area contributed by atoms with Crippen LogP contribution in [-0.2, 0) is 12.4 Å². The fourth-order valence-corrected chi connectivity index (χ4v) is 3.99. The summed E-state index contributed by atoms with van der Waals surface area (Å²) in [5.74, 6) is 0.0683. The Morgan fingerprint density at radius 3 is 1.59 bits per heavy atom. The SMILES string of the molecule is COc1cc2c(=O)oc(-c3ccc(C(F)(F)F)cc3)c(-c3ccc(C(F)(F)F)cc3)c2c(OC)c1OC. The van der Waals surface area contributed by atoms with Crippen molar-refractivity contribution in [1.29, 1.82) is 0 Å². The molecule has 0 N–H and O–H groups in total. The highest BCUT2D eigenvalue weighted by Crippen LogP contribution is 2.49. The molecule has 0 aliphatic rings. The number of benzene rings is 3. The number of alkyl halides is 6. The Balaban J connectivity index is 2.13. The maximum absolute atomic E-state index is 13.2. The van der Waals surface area contributed by atoms with Gasteiger partial charge in [-0.25, -0.2) is 4.79 Å². The van der Waals surface area contributed by atoms with E-state index in [2.05, 4.69) is 0 Å². The maximum atomic E-state index is 13.2. The van der Waals surface area contributed by atoms with Gasteiger partial charge in [0.25, 0.3) is 0 Å². The lowest BCUT2D eigenvalue weighted by Gasteiger charge is -2.19. The first-order chi connectivity index (χ1) is 17.4. The van der Waals surface area contributed by atoms with Crippen molar-refractivity contribution in [3.8, 4) is 39.7 Å². The predicted octanol–water partition coefficient (Wildman–Crippen LogP) is 7.19. The van der Waals surface area contributed by atoms with E-state index in [4.69, 9.17) is 18.6 Å². The van der Waals surface area contributed by atoms with E-state index in [1.165, 1.54) is 39.5 Å². The first-order valence-electron chi connectivity index (χ1n) is 10.6. The minimum Gasteiger partial charge on any atom is -0.493 e. The first kappa shape index (κ1) is 25.9. The van der Waals surface area contributed by atoms with Crippen LogP contribution in [0, 0.1) is 0 Å². The molecule has 37 heavy (non-hydrogen) atoms. The number of ether oxygens (including phenoxy) is 3. The average molecular weight is 524 g/mol. The zero-order valence-electron chi connectivity index (χ0n) is 19.5. The van der Waals surface area contributed by atoms with Crippen molar-refractivity contribution in [2.24, 2.45) is 0 Å². The molecule has 0 aliphatic heterocycles. The minimum atomic E-state index is -4.61. The summed E-state index contributed by atoms with van der Waals surface area (Å²) in [6.07, 6.45) is -9.21. The van der Waals surface area contributed by atoms with Gasteiger partial charge in [-0.3, -0.25) is 0 Å². The third kappa shape index (κ3) is 4.68. The molecule has 194 valence electrons. The molecule has 5 nitrogen and oxygen atoms in total. The van der Waals surface area contributed by atoms with Crippen LogP contribution in [0.25, 0.3) is 33.2 Å². The minimum absolute atomic E-state index is 0.0211. The fraction of sp³-hybridized carbons (Fsp3) is 0.192. The number of hydrogen-bond acceptors (Lipinski definition) is 5. The van der Waals surface area contributed by atoms with Crippen LogP contribution in [0.15, 0.2) is 63.8 Å². The fourth-order valence-electron chi connectivity index (χ4n) is 3.99. The Kier molecular flexibility index (Phi) is 6.57. The van der Waals surface area contributed by atoms with Gasteiger partial charge in [-0.2, -0.15) is 26.3 Å². The maximum Gasteiger partial charge on any atom is 0.416 e. The molecule has 0 amide bonds. The zero-order valence-corrected chi connectivity index (χ0v) is 19.5. The lowest BCUT2D eigenvalue weighted by Crippen LogP contribution is -2.07. The molecule has 4 aromatic rings. The smallest absolute Gasteiger partial charge is 0.416 e. The van der Waals surface area contributed by atoms with Crippen molar-refractivity contribution in [3.05, 3.63) is 76.1 Å². The molecule has 0 aliphatic carbocycles. The summed E-state index contributed by atoms with van der Waals surface area (Å²) < 4.78 is 101. The number of rotatable bonds is 5. The molecular formula is C26H18F6O5. The molecule has 1 aromatic heterocycles. The van der Waals surface area contributed by atoms with Gasteiger partial charge in [-0.1, -0.05) is 24.3 Å². The van der Waals surface area contributed by atoms with E-state index < -0.39 is 29.1 Å². The second-order valence-corrected chi connectivity index (χ2v) is 7.81. The van der Waals surface area contributed by atoms with Gasteiger partial charge in [-0.05, 0) is 35.9 Å². The second-order valence-electron chi connectivity index (χ2n) is 7.81. The molecule has 4 rings (SSSR count). The summed E-state index contributed by atoms with van der Waals surface area (Å²) in [5.41, 5.74) is -2.35. The van der Waals surface area contributed by atoms with Gasteiger partial charge in [0, 0.05) is 16.5 Å². The first-order valence-corrected chi connectivity index (χ1v) is 10.6. The van der Waals surface area contributed by atoms with E-state index in [1.807, 2.05) is 0 Å². The summed E-state index contributed by atoms with van der Waals surface area (Å²) in [5, 5.41) is 0.0751. The van der Waals surface area contributed by atoms with Crippen molar-refractivity contribution in [3.63, 3.8) is 0 Å². The molecule has 0 saturated carbocycles. The van der Waals surface area contributed by atoms with Gasteiger partial charge in [-0.15, -0.1) is 0 Å². The summed E-state index contributed by atoms with van der Waals surface area (Å²) in [4.78, 5) is 13.1. The molecule has 1 heterocycles. The standard InChI is InChI=1S/C26H18F6O5/c1-34-18-12-17-20(23(36-3)22(18)35-2)19(13-4-8-15(9-5-13)25(27,28)29)21(37-24(17)33)14-6-10-16(11-7-14)26(30,31)32/h4-12H,1-3H3. The number of halogens is 6. The van der Waals surface area contributed by atoms with Crippen LogP contribution in [0.5, 0.6) is 17.2 Å². The van der Waals surface area contributed by atoms with Crippen molar-refractivity contribution in [2.75, 3.05) is 21.3 Å². The lowest BCUT2D eigenvalue weighted by molar-refractivity contribution is -0.138. The highest BCUT2D eigenvalue weighted by atomic mass is 19.4. The molecule has 11 heteroatoms. The van der Waals surface area contributed by atoms with Gasteiger partial charge in [0.1, 0.15) is 5.76 Å². The van der Waals surface area contributed by atoms with Gasteiger partial charge in [0.15, 0.2) is 11.5 Å². The van der Waals surface area contributed by atoms with E-state index in [0.29, 0.717) is 0 Å². The third-order valence-electron chi connectivity index (χ3n) is 5.70. The molecule has 0 fully saturated rings. The summed E-state index contributed by atoms with van der Waals surface area (Å²) in [7, 11) is 3.95. The van der Waals surface area contributed by atoms with Gasteiger partial charge in [0.2, 0.25) is 5.75 Å². The van der Waals surface area contributed by atoms with Crippen LogP contribution < -0.4 is 19.8 Å². The monoisotopic (exact) mass is 524 g/mol. The van der Waals surface area contributed by atoms with Crippen molar-refractivity contribution < 1.29 is 45.0 Å². The highest BCUT2D eigenvalue weighted by Gasteiger charge is 2.32. The van der Waals surface area contributed by atoms with Crippen LogP contribution in [0.1, 0.15) is 11.1 Å². The summed E-state index contributed by atoms with van der Waals surface area (Å²) in [6, 6.07) is 9.17.